The van der Waals surface area contributed by atoms with Crippen LogP contribution in [0.2, 0.25) is 0 Å². The summed E-state index contributed by atoms with van der Waals surface area (Å²) >= 11 is 0. The van der Waals surface area contributed by atoms with Gasteiger partial charge in [-0.25, -0.2) is 15.0 Å². The highest BCUT2D eigenvalue weighted by molar-refractivity contribution is 6.25. The minimum absolute atomic E-state index is 0.574. The van der Waals surface area contributed by atoms with E-state index in [1.54, 1.807) is 0 Å². The fraction of sp³-hybridized carbons (Fsp3) is 0.0161. The third-order valence-electron chi connectivity index (χ3n) is 13.6. The van der Waals surface area contributed by atoms with Gasteiger partial charge in [0, 0.05) is 16.7 Å². The van der Waals surface area contributed by atoms with Crippen LogP contribution in [0.4, 0.5) is 0 Å². The lowest BCUT2D eigenvalue weighted by atomic mass is 9.67. The van der Waals surface area contributed by atoms with Crippen LogP contribution in [-0.2, 0) is 5.41 Å². The number of benzene rings is 11. The summed E-state index contributed by atoms with van der Waals surface area (Å²) in [4.78, 5) is 15.0. The maximum absolute atomic E-state index is 5.03. The van der Waals surface area contributed by atoms with Crippen LogP contribution in [0.5, 0.6) is 0 Å². The smallest absolute Gasteiger partial charge is 0.164 e. The van der Waals surface area contributed by atoms with Gasteiger partial charge in [0.05, 0.1) is 5.41 Å². The summed E-state index contributed by atoms with van der Waals surface area (Å²) in [6, 6.07) is 85.7. The Hall–Kier alpha value is -8.53. The Kier molecular flexibility index (Phi) is 8.44. The van der Waals surface area contributed by atoms with Crippen molar-refractivity contribution in [3.8, 4) is 67.5 Å². The SMILES string of the molecule is c1ccc(-c2nc(-c3ccccc3)nc(-c3ccc(-c4cccc5c4-c4ccc(-c6ccc7ccc8cccc9ccc6c7c89)cc4C5(c4ccccc4)c4ccccc4)cc3)n2)cc1. The first kappa shape index (κ1) is 37.1. The van der Waals surface area contributed by atoms with Crippen molar-refractivity contribution in [2.75, 3.05) is 0 Å². The Labute approximate surface area is 377 Å². The van der Waals surface area contributed by atoms with Gasteiger partial charge in [0.2, 0.25) is 0 Å². The van der Waals surface area contributed by atoms with Crippen molar-refractivity contribution in [1.29, 1.82) is 0 Å². The van der Waals surface area contributed by atoms with Gasteiger partial charge in [-0.1, -0.05) is 231 Å². The second-order valence-corrected chi connectivity index (χ2v) is 17.1. The summed E-state index contributed by atoms with van der Waals surface area (Å²) in [5.74, 6) is 1.94. The molecular formula is C62H39N3. The molecule has 0 bridgehead atoms. The molecule has 11 aromatic carbocycles. The fourth-order valence-electron chi connectivity index (χ4n) is 10.7. The molecule has 1 aliphatic carbocycles. The zero-order valence-electron chi connectivity index (χ0n) is 35.4. The maximum Gasteiger partial charge on any atom is 0.164 e. The van der Waals surface area contributed by atoms with E-state index in [1.165, 1.54) is 82.4 Å². The molecule has 0 saturated carbocycles. The molecule has 0 radical (unpaired) electrons. The number of aromatic nitrogens is 3. The average molecular weight is 826 g/mol. The van der Waals surface area contributed by atoms with Gasteiger partial charge in [-0.2, -0.15) is 0 Å². The first-order valence-electron chi connectivity index (χ1n) is 22.3. The van der Waals surface area contributed by atoms with E-state index in [2.05, 4.69) is 176 Å². The van der Waals surface area contributed by atoms with Crippen molar-refractivity contribution >= 4 is 32.3 Å². The van der Waals surface area contributed by atoms with E-state index in [9.17, 15) is 0 Å². The minimum atomic E-state index is -0.574. The predicted octanol–water partition coefficient (Wildman–Crippen LogP) is 15.5. The van der Waals surface area contributed by atoms with Gasteiger partial charge in [0.15, 0.2) is 17.5 Å². The largest absolute Gasteiger partial charge is 0.208 e. The lowest BCUT2D eigenvalue weighted by Crippen LogP contribution is -2.28. The highest BCUT2D eigenvalue weighted by Crippen LogP contribution is 2.59. The Morgan fingerprint density at radius 2 is 0.738 bits per heavy atom. The summed E-state index contributed by atoms with van der Waals surface area (Å²) in [6.07, 6.45) is 0. The number of rotatable bonds is 7. The van der Waals surface area contributed by atoms with Crippen LogP contribution >= 0.6 is 0 Å². The molecule has 65 heavy (non-hydrogen) atoms. The van der Waals surface area contributed by atoms with E-state index in [-0.39, 0.29) is 0 Å². The van der Waals surface area contributed by atoms with Gasteiger partial charge in [-0.3, -0.25) is 0 Å². The second kappa shape index (κ2) is 14.8. The van der Waals surface area contributed by atoms with Crippen molar-refractivity contribution in [3.63, 3.8) is 0 Å². The van der Waals surface area contributed by atoms with Gasteiger partial charge in [0.1, 0.15) is 0 Å². The molecule has 12 aromatic rings. The molecule has 3 nitrogen and oxygen atoms in total. The molecular weight excluding hydrogens is 787 g/mol. The molecule has 0 fully saturated rings. The molecule has 0 N–H and O–H groups in total. The van der Waals surface area contributed by atoms with Gasteiger partial charge in [0.25, 0.3) is 0 Å². The molecule has 1 aliphatic rings. The van der Waals surface area contributed by atoms with E-state index in [0.717, 1.165) is 22.3 Å². The molecule has 302 valence electrons. The quantitative estimate of drug-likeness (QED) is 0.150. The van der Waals surface area contributed by atoms with Crippen LogP contribution < -0.4 is 0 Å². The fourth-order valence-corrected chi connectivity index (χ4v) is 10.7. The molecule has 0 amide bonds. The molecule has 1 heterocycles. The van der Waals surface area contributed by atoms with Crippen LogP contribution in [0.15, 0.2) is 237 Å². The topological polar surface area (TPSA) is 38.7 Å². The Morgan fingerprint density at radius 3 is 1.34 bits per heavy atom. The van der Waals surface area contributed by atoms with Gasteiger partial charge >= 0.3 is 0 Å². The van der Waals surface area contributed by atoms with Gasteiger partial charge < -0.3 is 0 Å². The van der Waals surface area contributed by atoms with Crippen LogP contribution in [0, 0.1) is 0 Å². The number of nitrogens with zero attached hydrogens (tertiary/aromatic N) is 3. The van der Waals surface area contributed by atoms with Crippen molar-refractivity contribution < 1.29 is 0 Å². The Balaban J connectivity index is 1.01. The second-order valence-electron chi connectivity index (χ2n) is 17.1. The first-order valence-corrected chi connectivity index (χ1v) is 22.3. The third-order valence-corrected chi connectivity index (χ3v) is 13.6. The lowest BCUT2D eigenvalue weighted by Gasteiger charge is -2.34. The Bertz CT molecular complexity index is 3620. The molecule has 0 unspecified atom stereocenters. The standard InChI is InChI=1S/C62H39N3/c1-5-15-44(16-6-1)59-63-60(45-17-7-2-8-18-45)65-61(64-59)46-31-27-40(28-32-46)51-25-14-26-54-58(51)53-38-35-47(39-55(53)62(54,48-21-9-3-10-22-48)49-23-11-4-12-24-49)50-36-33-43-30-29-41-19-13-20-42-34-37-52(50)57(43)56(41)42/h1-39H. The van der Waals surface area contributed by atoms with Crippen molar-refractivity contribution in [2.24, 2.45) is 0 Å². The van der Waals surface area contributed by atoms with Crippen LogP contribution in [0.25, 0.3) is 99.9 Å². The van der Waals surface area contributed by atoms with E-state index in [0.29, 0.717) is 17.5 Å². The Morgan fingerprint density at radius 1 is 0.277 bits per heavy atom. The molecule has 0 saturated heterocycles. The van der Waals surface area contributed by atoms with Crippen LogP contribution in [-0.4, -0.2) is 15.0 Å². The average Bonchev–Trinajstić information content (AvgIpc) is 3.69. The zero-order chi connectivity index (χ0) is 42.9. The molecule has 0 spiro atoms. The van der Waals surface area contributed by atoms with Crippen LogP contribution in [0.3, 0.4) is 0 Å². The van der Waals surface area contributed by atoms with E-state index >= 15 is 0 Å². The summed E-state index contributed by atoms with van der Waals surface area (Å²) < 4.78 is 0. The minimum Gasteiger partial charge on any atom is -0.208 e. The van der Waals surface area contributed by atoms with Crippen molar-refractivity contribution in [3.05, 3.63) is 259 Å². The van der Waals surface area contributed by atoms with Gasteiger partial charge in [-0.05, 0) is 94.0 Å². The number of fused-ring (bicyclic) bond motifs is 3. The van der Waals surface area contributed by atoms with E-state index < -0.39 is 5.41 Å². The lowest BCUT2D eigenvalue weighted by molar-refractivity contribution is 0.769. The molecule has 0 aliphatic heterocycles. The predicted molar refractivity (Wildman–Crippen MR) is 268 cm³/mol. The molecule has 3 heteroatoms. The van der Waals surface area contributed by atoms with Crippen LogP contribution in [0.1, 0.15) is 22.3 Å². The van der Waals surface area contributed by atoms with Crippen molar-refractivity contribution in [2.45, 2.75) is 5.41 Å². The number of hydrogen-bond acceptors (Lipinski definition) is 3. The highest BCUT2D eigenvalue weighted by atomic mass is 15.0. The number of hydrogen-bond donors (Lipinski definition) is 0. The zero-order valence-corrected chi connectivity index (χ0v) is 35.4. The molecule has 0 atom stereocenters. The normalized spacial score (nSPS) is 12.7. The molecule has 13 rings (SSSR count). The molecule has 1 aromatic heterocycles. The maximum atomic E-state index is 5.03. The van der Waals surface area contributed by atoms with E-state index in [1.807, 2.05) is 60.7 Å². The third kappa shape index (κ3) is 5.79. The summed E-state index contributed by atoms with van der Waals surface area (Å²) in [7, 11) is 0. The van der Waals surface area contributed by atoms with Gasteiger partial charge in [-0.15, -0.1) is 0 Å². The summed E-state index contributed by atoms with van der Waals surface area (Å²) in [5, 5.41) is 7.76. The summed E-state index contributed by atoms with van der Waals surface area (Å²) in [5.41, 5.74) is 14.5. The van der Waals surface area contributed by atoms with E-state index in [4.69, 9.17) is 15.0 Å². The highest BCUT2D eigenvalue weighted by Gasteiger charge is 2.47. The first-order chi connectivity index (χ1) is 32.2. The monoisotopic (exact) mass is 825 g/mol. The summed E-state index contributed by atoms with van der Waals surface area (Å²) in [6.45, 7) is 0. The van der Waals surface area contributed by atoms with Crippen molar-refractivity contribution in [1.82, 2.24) is 15.0 Å².